The van der Waals surface area contributed by atoms with E-state index < -0.39 is 0 Å². The van der Waals surface area contributed by atoms with E-state index in [1.165, 1.54) is 64.0 Å². The second-order valence-electron chi connectivity index (χ2n) is 13.7. The van der Waals surface area contributed by atoms with Crippen molar-refractivity contribution in [1.29, 1.82) is 0 Å². The van der Waals surface area contributed by atoms with Crippen LogP contribution in [0.1, 0.15) is 0 Å². The van der Waals surface area contributed by atoms with Gasteiger partial charge in [-0.3, -0.25) is 0 Å². The summed E-state index contributed by atoms with van der Waals surface area (Å²) in [6, 6.07) is 67.9. The first-order valence-corrected chi connectivity index (χ1v) is 18.8. The molecule has 0 fully saturated rings. The van der Waals surface area contributed by atoms with E-state index in [-0.39, 0.29) is 0 Å². The summed E-state index contributed by atoms with van der Waals surface area (Å²) in [6.45, 7) is 0. The van der Waals surface area contributed by atoms with E-state index in [9.17, 15) is 0 Å². The highest BCUT2D eigenvalue weighted by Crippen LogP contribution is 2.44. The molecule has 9 aromatic carbocycles. The SMILES string of the molecule is c1ccc2c(-c3ccc(N(c4ccc(-c5cccc6c5sc5c7ccccc7ccc65)cc4)c4ccc5oc6ccccc6c5c4)cc3)cccc2c1. The normalized spacial score (nSPS) is 11.8. The van der Waals surface area contributed by atoms with Crippen molar-refractivity contribution < 1.29 is 4.42 Å². The van der Waals surface area contributed by atoms with Gasteiger partial charge in [-0.15, -0.1) is 11.3 Å². The van der Waals surface area contributed by atoms with Crippen molar-refractivity contribution in [3.8, 4) is 22.3 Å². The van der Waals surface area contributed by atoms with Gasteiger partial charge in [-0.2, -0.15) is 0 Å². The standard InChI is InChI=1S/C50H31NOS/c1-3-12-39-32(9-1)11-7-15-40(39)34-19-24-36(25-20-34)51(38-28-30-48-46(31-38)43-14-5-6-18-47(43)52-48)37-26-21-35(22-27-37)42-16-8-17-44-45-29-23-33-10-2-4-13-41(33)50(45)53-49(42)44/h1-31H. The Hall–Kier alpha value is -6.68. The Morgan fingerprint density at radius 3 is 1.68 bits per heavy atom. The molecule has 0 bridgehead atoms. The third-order valence-electron chi connectivity index (χ3n) is 10.7. The summed E-state index contributed by atoms with van der Waals surface area (Å²) in [5, 5.41) is 9.96. The molecule has 0 amide bonds. The Morgan fingerprint density at radius 1 is 0.340 bits per heavy atom. The van der Waals surface area contributed by atoms with Gasteiger partial charge in [-0.25, -0.2) is 0 Å². The number of nitrogens with zero attached hydrogens (tertiary/aromatic N) is 1. The summed E-state index contributed by atoms with van der Waals surface area (Å²) in [5.41, 5.74) is 9.95. The lowest BCUT2D eigenvalue weighted by molar-refractivity contribution is 0.669. The minimum absolute atomic E-state index is 0.890. The van der Waals surface area contributed by atoms with Crippen LogP contribution in [0.15, 0.2) is 192 Å². The number of anilines is 3. The summed E-state index contributed by atoms with van der Waals surface area (Å²) >= 11 is 1.90. The molecule has 0 aliphatic heterocycles. The highest BCUT2D eigenvalue weighted by molar-refractivity contribution is 7.27. The molecule has 0 spiro atoms. The molecule has 0 radical (unpaired) electrons. The number of furan rings is 1. The Kier molecular flexibility index (Phi) is 6.76. The smallest absolute Gasteiger partial charge is 0.135 e. The lowest BCUT2D eigenvalue weighted by Gasteiger charge is -2.26. The van der Waals surface area contributed by atoms with Crippen LogP contribution in [0.5, 0.6) is 0 Å². The Balaban J connectivity index is 1.04. The van der Waals surface area contributed by atoms with Crippen LogP contribution < -0.4 is 4.90 Å². The van der Waals surface area contributed by atoms with Gasteiger partial charge in [-0.05, 0) is 92.3 Å². The van der Waals surface area contributed by atoms with Gasteiger partial charge in [0.25, 0.3) is 0 Å². The van der Waals surface area contributed by atoms with Gasteiger partial charge in [-0.1, -0.05) is 140 Å². The lowest BCUT2D eigenvalue weighted by Crippen LogP contribution is -2.09. The maximum Gasteiger partial charge on any atom is 0.135 e. The predicted octanol–water partition coefficient (Wildman–Crippen LogP) is 15.1. The molecule has 0 aliphatic carbocycles. The minimum Gasteiger partial charge on any atom is -0.456 e. The largest absolute Gasteiger partial charge is 0.456 e. The molecule has 0 saturated heterocycles. The fourth-order valence-corrected chi connectivity index (χ4v) is 9.48. The van der Waals surface area contributed by atoms with Gasteiger partial charge in [0.1, 0.15) is 11.2 Å². The number of rotatable bonds is 5. The van der Waals surface area contributed by atoms with Crippen LogP contribution in [0.4, 0.5) is 17.1 Å². The zero-order chi connectivity index (χ0) is 34.9. The molecule has 0 atom stereocenters. The van der Waals surface area contributed by atoms with Crippen molar-refractivity contribution in [2.75, 3.05) is 4.90 Å². The third-order valence-corrected chi connectivity index (χ3v) is 12.0. The van der Waals surface area contributed by atoms with Crippen LogP contribution in [-0.2, 0) is 0 Å². The van der Waals surface area contributed by atoms with E-state index in [1.807, 2.05) is 23.5 Å². The van der Waals surface area contributed by atoms with Crippen molar-refractivity contribution in [3.63, 3.8) is 0 Å². The average Bonchev–Trinajstić information content (AvgIpc) is 3.80. The Labute approximate surface area is 310 Å². The summed E-state index contributed by atoms with van der Waals surface area (Å²) in [4.78, 5) is 2.35. The van der Waals surface area contributed by atoms with Crippen molar-refractivity contribution in [2.45, 2.75) is 0 Å². The summed E-state index contributed by atoms with van der Waals surface area (Å²) < 4.78 is 8.90. The van der Waals surface area contributed by atoms with Gasteiger partial charge >= 0.3 is 0 Å². The number of fused-ring (bicyclic) bond motifs is 9. The number of para-hydroxylation sites is 1. The van der Waals surface area contributed by atoms with Crippen molar-refractivity contribution in [3.05, 3.63) is 188 Å². The molecule has 0 saturated carbocycles. The molecule has 0 aliphatic rings. The first-order chi connectivity index (χ1) is 26.3. The van der Waals surface area contributed by atoms with Crippen molar-refractivity contribution >= 4 is 92.1 Å². The van der Waals surface area contributed by atoms with Crippen molar-refractivity contribution in [2.24, 2.45) is 0 Å². The molecular formula is C50H31NOS. The summed E-state index contributed by atoms with van der Waals surface area (Å²) in [5.74, 6) is 0. The number of hydrogen-bond donors (Lipinski definition) is 0. The first kappa shape index (κ1) is 30.0. The van der Waals surface area contributed by atoms with E-state index in [2.05, 4.69) is 181 Å². The fraction of sp³-hybridized carbons (Fsp3) is 0. The van der Waals surface area contributed by atoms with E-state index in [0.717, 1.165) is 39.0 Å². The number of benzene rings is 9. The molecule has 248 valence electrons. The summed E-state index contributed by atoms with van der Waals surface area (Å²) in [7, 11) is 0. The van der Waals surface area contributed by atoms with Crippen LogP contribution in [0, 0.1) is 0 Å². The van der Waals surface area contributed by atoms with E-state index in [0.29, 0.717) is 0 Å². The van der Waals surface area contributed by atoms with Gasteiger partial charge in [0.05, 0.1) is 0 Å². The quantitative estimate of drug-likeness (QED) is 0.178. The minimum atomic E-state index is 0.890. The Morgan fingerprint density at radius 2 is 0.887 bits per heavy atom. The molecule has 11 aromatic rings. The van der Waals surface area contributed by atoms with Crippen LogP contribution in [0.3, 0.4) is 0 Å². The lowest BCUT2D eigenvalue weighted by atomic mass is 9.98. The van der Waals surface area contributed by atoms with Crippen molar-refractivity contribution in [1.82, 2.24) is 0 Å². The molecule has 2 nitrogen and oxygen atoms in total. The van der Waals surface area contributed by atoms with Crippen LogP contribution in [-0.4, -0.2) is 0 Å². The second kappa shape index (κ2) is 11.9. The summed E-state index contributed by atoms with van der Waals surface area (Å²) in [6.07, 6.45) is 0. The first-order valence-electron chi connectivity index (χ1n) is 18.0. The van der Waals surface area contributed by atoms with Crippen LogP contribution >= 0.6 is 11.3 Å². The maximum absolute atomic E-state index is 6.23. The van der Waals surface area contributed by atoms with Gasteiger partial charge < -0.3 is 9.32 Å². The molecule has 2 heterocycles. The second-order valence-corrected chi connectivity index (χ2v) is 14.7. The fourth-order valence-electron chi connectivity index (χ4n) is 8.11. The predicted molar refractivity (Wildman–Crippen MR) is 227 cm³/mol. The molecular weight excluding hydrogens is 663 g/mol. The van der Waals surface area contributed by atoms with Crippen LogP contribution in [0.25, 0.3) is 85.9 Å². The average molecular weight is 694 g/mol. The van der Waals surface area contributed by atoms with Gasteiger partial charge in [0, 0.05) is 48.0 Å². The maximum atomic E-state index is 6.23. The molecule has 3 heteroatoms. The highest BCUT2D eigenvalue weighted by Gasteiger charge is 2.18. The van der Waals surface area contributed by atoms with Gasteiger partial charge in [0.2, 0.25) is 0 Å². The van der Waals surface area contributed by atoms with E-state index >= 15 is 0 Å². The zero-order valence-corrected chi connectivity index (χ0v) is 29.5. The topological polar surface area (TPSA) is 16.4 Å². The third kappa shape index (κ3) is 4.86. The molecule has 0 N–H and O–H groups in total. The molecule has 53 heavy (non-hydrogen) atoms. The zero-order valence-electron chi connectivity index (χ0n) is 28.7. The molecule has 2 aromatic heterocycles. The highest BCUT2D eigenvalue weighted by atomic mass is 32.1. The number of hydrogen-bond acceptors (Lipinski definition) is 3. The van der Waals surface area contributed by atoms with E-state index in [1.54, 1.807) is 0 Å². The van der Waals surface area contributed by atoms with E-state index in [4.69, 9.17) is 4.42 Å². The number of thiophene rings is 1. The monoisotopic (exact) mass is 693 g/mol. The van der Waals surface area contributed by atoms with Gasteiger partial charge in [0.15, 0.2) is 0 Å². The van der Waals surface area contributed by atoms with Crippen LogP contribution in [0.2, 0.25) is 0 Å². The molecule has 11 rings (SSSR count). The Bertz CT molecular complexity index is 3160. The molecule has 0 unspecified atom stereocenters.